The number of carbonyl (C=O) groups excluding carboxylic acids is 1. The van der Waals surface area contributed by atoms with Crippen molar-refractivity contribution in [3.63, 3.8) is 0 Å². The average molecular weight is 240 g/mol. The normalized spacial score (nSPS) is 12.8. The smallest absolute Gasteiger partial charge is 0.233 e. The fraction of sp³-hybridized carbons (Fsp3) is 0.583. The van der Waals surface area contributed by atoms with Gasteiger partial charge in [0.25, 0.3) is 0 Å². The Balaban J connectivity index is 2.50. The molecule has 1 rings (SSSR count). The van der Waals surface area contributed by atoms with E-state index in [1.807, 2.05) is 13.0 Å². The molecule has 1 atom stereocenters. The maximum absolute atomic E-state index is 11.4. The molecule has 1 unspecified atom stereocenters. The van der Waals surface area contributed by atoms with Crippen LogP contribution in [0.15, 0.2) is 17.5 Å². The van der Waals surface area contributed by atoms with Crippen molar-refractivity contribution in [1.29, 1.82) is 0 Å². The maximum Gasteiger partial charge on any atom is 0.233 e. The molecule has 2 N–H and O–H groups in total. The molecule has 4 heteroatoms. The molecule has 0 spiro atoms. The van der Waals surface area contributed by atoms with Crippen LogP contribution in [0.1, 0.15) is 31.7 Å². The largest absolute Gasteiger partial charge is 0.355 e. The van der Waals surface area contributed by atoms with Gasteiger partial charge < -0.3 is 10.6 Å². The molecule has 90 valence electrons. The van der Waals surface area contributed by atoms with Gasteiger partial charge in [0.2, 0.25) is 5.91 Å². The van der Waals surface area contributed by atoms with E-state index in [4.69, 9.17) is 0 Å². The van der Waals surface area contributed by atoms with Crippen molar-refractivity contribution in [1.82, 2.24) is 10.6 Å². The lowest BCUT2D eigenvalue weighted by Crippen LogP contribution is -2.36. The van der Waals surface area contributed by atoms with Crippen molar-refractivity contribution in [2.24, 2.45) is 5.92 Å². The van der Waals surface area contributed by atoms with E-state index in [0.717, 1.165) is 0 Å². The minimum Gasteiger partial charge on any atom is -0.355 e. The van der Waals surface area contributed by atoms with E-state index < -0.39 is 0 Å². The van der Waals surface area contributed by atoms with E-state index in [2.05, 4.69) is 35.9 Å². The Labute approximate surface area is 101 Å². The van der Waals surface area contributed by atoms with E-state index in [-0.39, 0.29) is 11.9 Å². The van der Waals surface area contributed by atoms with Crippen LogP contribution in [0, 0.1) is 5.92 Å². The Bertz CT molecular complexity index is 309. The highest BCUT2D eigenvalue weighted by Crippen LogP contribution is 2.25. The molecule has 0 radical (unpaired) electrons. The molecule has 0 saturated heterocycles. The molecule has 0 aliphatic carbocycles. The molecule has 0 aliphatic heterocycles. The second-order valence-corrected chi connectivity index (χ2v) is 5.05. The molecule has 0 fully saturated rings. The van der Waals surface area contributed by atoms with E-state index in [1.54, 1.807) is 11.3 Å². The molecule has 1 heterocycles. The number of carbonyl (C=O) groups is 1. The number of hydrogen-bond donors (Lipinski definition) is 2. The molecule has 1 amide bonds. The van der Waals surface area contributed by atoms with Gasteiger partial charge in [-0.25, -0.2) is 0 Å². The highest BCUT2D eigenvalue weighted by molar-refractivity contribution is 7.10. The molecule has 1 aromatic rings. The van der Waals surface area contributed by atoms with E-state index in [1.165, 1.54) is 4.88 Å². The Morgan fingerprint density at radius 2 is 2.25 bits per heavy atom. The molecule has 0 aliphatic rings. The fourth-order valence-electron chi connectivity index (χ4n) is 1.60. The van der Waals surface area contributed by atoms with Crippen LogP contribution in [-0.4, -0.2) is 19.0 Å². The van der Waals surface area contributed by atoms with Crippen molar-refractivity contribution < 1.29 is 4.79 Å². The Kier molecular flexibility index (Phi) is 5.49. The average Bonchev–Trinajstić information content (AvgIpc) is 2.71. The third-order valence-corrected chi connectivity index (χ3v) is 3.33. The first kappa shape index (κ1) is 13.2. The monoisotopic (exact) mass is 240 g/mol. The molecule has 0 saturated carbocycles. The highest BCUT2D eigenvalue weighted by Gasteiger charge is 2.16. The minimum atomic E-state index is 0.0599. The zero-order valence-corrected chi connectivity index (χ0v) is 10.9. The van der Waals surface area contributed by atoms with Gasteiger partial charge >= 0.3 is 0 Å². The number of rotatable bonds is 6. The quantitative estimate of drug-likeness (QED) is 0.800. The van der Waals surface area contributed by atoms with Crippen molar-refractivity contribution in [2.75, 3.05) is 13.1 Å². The summed E-state index contributed by atoms with van der Waals surface area (Å²) in [4.78, 5) is 12.7. The maximum atomic E-state index is 11.4. The van der Waals surface area contributed by atoms with Gasteiger partial charge in [-0.1, -0.05) is 19.9 Å². The summed E-state index contributed by atoms with van der Waals surface area (Å²) in [6.07, 6.45) is 0. The summed E-state index contributed by atoms with van der Waals surface area (Å²) in [7, 11) is 0. The molecule has 1 aromatic heterocycles. The zero-order valence-electron chi connectivity index (χ0n) is 10.1. The van der Waals surface area contributed by atoms with Gasteiger partial charge in [0, 0.05) is 17.5 Å². The van der Waals surface area contributed by atoms with Crippen LogP contribution in [0.3, 0.4) is 0 Å². The molecule has 16 heavy (non-hydrogen) atoms. The Hall–Kier alpha value is -0.870. The lowest BCUT2D eigenvalue weighted by atomic mass is 10.0. The summed E-state index contributed by atoms with van der Waals surface area (Å²) >= 11 is 1.73. The van der Waals surface area contributed by atoms with Gasteiger partial charge in [0.15, 0.2) is 0 Å². The number of likely N-dealkylation sites (N-methyl/N-ethyl adjacent to an activating group) is 1. The van der Waals surface area contributed by atoms with E-state index in [9.17, 15) is 4.79 Å². The van der Waals surface area contributed by atoms with Gasteiger partial charge in [-0.05, 0) is 24.3 Å². The fourth-order valence-corrected chi connectivity index (χ4v) is 2.57. The number of hydrogen-bond acceptors (Lipinski definition) is 3. The van der Waals surface area contributed by atoms with Gasteiger partial charge in [-0.3, -0.25) is 4.79 Å². The first-order chi connectivity index (χ1) is 7.65. The summed E-state index contributed by atoms with van der Waals surface area (Å²) in [6.45, 7) is 7.32. The summed E-state index contributed by atoms with van der Waals surface area (Å²) in [5, 5.41) is 8.16. The lowest BCUT2D eigenvalue weighted by molar-refractivity contribution is -0.120. The zero-order chi connectivity index (χ0) is 12.0. The van der Waals surface area contributed by atoms with Crippen molar-refractivity contribution >= 4 is 17.2 Å². The Morgan fingerprint density at radius 3 is 2.75 bits per heavy atom. The number of nitrogens with one attached hydrogen (secondary N) is 2. The van der Waals surface area contributed by atoms with Crippen LogP contribution in [0.25, 0.3) is 0 Å². The second-order valence-electron chi connectivity index (χ2n) is 4.07. The topological polar surface area (TPSA) is 41.1 Å². The van der Waals surface area contributed by atoms with Gasteiger partial charge in [-0.15, -0.1) is 11.3 Å². The first-order valence-electron chi connectivity index (χ1n) is 5.68. The van der Waals surface area contributed by atoms with E-state index >= 15 is 0 Å². The highest BCUT2D eigenvalue weighted by atomic mass is 32.1. The number of amides is 1. The summed E-state index contributed by atoms with van der Waals surface area (Å²) in [5.74, 6) is 0.540. The molecule has 3 nitrogen and oxygen atoms in total. The van der Waals surface area contributed by atoms with Crippen LogP contribution in [0.4, 0.5) is 0 Å². The van der Waals surface area contributed by atoms with Gasteiger partial charge in [0.05, 0.1) is 6.54 Å². The standard InChI is InChI=1S/C12H20N2OS/c1-4-13-11(15)8-14-12(9(2)3)10-6-5-7-16-10/h5-7,9,12,14H,4,8H2,1-3H3,(H,13,15). The predicted molar refractivity (Wildman–Crippen MR) is 68.6 cm³/mol. The Morgan fingerprint density at radius 1 is 1.50 bits per heavy atom. The van der Waals surface area contributed by atoms with Crippen molar-refractivity contribution in [2.45, 2.75) is 26.8 Å². The summed E-state index contributed by atoms with van der Waals surface area (Å²) < 4.78 is 0. The van der Waals surface area contributed by atoms with Crippen LogP contribution in [0.2, 0.25) is 0 Å². The number of thiophene rings is 1. The predicted octanol–water partition coefficient (Wildman–Crippen LogP) is 2.17. The van der Waals surface area contributed by atoms with Crippen molar-refractivity contribution in [3.05, 3.63) is 22.4 Å². The second kappa shape index (κ2) is 6.66. The van der Waals surface area contributed by atoms with Crippen LogP contribution < -0.4 is 10.6 Å². The van der Waals surface area contributed by atoms with Crippen molar-refractivity contribution in [3.8, 4) is 0 Å². The minimum absolute atomic E-state index is 0.0599. The summed E-state index contributed by atoms with van der Waals surface area (Å²) in [6, 6.07) is 4.42. The molecule has 0 aromatic carbocycles. The van der Waals surface area contributed by atoms with Crippen LogP contribution >= 0.6 is 11.3 Å². The van der Waals surface area contributed by atoms with Gasteiger partial charge in [0.1, 0.15) is 0 Å². The van der Waals surface area contributed by atoms with Gasteiger partial charge in [-0.2, -0.15) is 0 Å². The molecular formula is C12H20N2OS. The van der Waals surface area contributed by atoms with E-state index in [0.29, 0.717) is 19.0 Å². The molecular weight excluding hydrogens is 220 g/mol. The van der Waals surface area contributed by atoms with Crippen LogP contribution in [-0.2, 0) is 4.79 Å². The van der Waals surface area contributed by atoms with Crippen LogP contribution in [0.5, 0.6) is 0 Å². The lowest BCUT2D eigenvalue weighted by Gasteiger charge is -2.20. The third kappa shape index (κ3) is 3.94. The summed E-state index contributed by atoms with van der Waals surface area (Å²) in [5.41, 5.74) is 0. The third-order valence-electron chi connectivity index (χ3n) is 2.37. The first-order valence-corrected chi connectivity index (χ1v) is 6.56. The molecule has 0 bridgehead atoms. The SMILES string of the molecule is CCNC(=O)CNC(c1cccs1)C(C)C.